The van der Waals surface area contributed by atoms with Crippen molar-refractivity contribution in [2.75, 3.05) is 39.5 Å². The molecule has 1 aromatic rings. The molecule has 2 aliphatic heterocycles. The molecule has 1 atom stereocenters. The number of hydrogen-bond donors (Lipinski definition) is 0. The van der Waals surface area contributed by atoms with E-state index in [1.165, 1.54) is 0 Å². The van der Waals surface area contributed by atoms with Gasteiger partial charge in [0.1, 0.15) is 19.3 Å². The van der Waals surface area contributed by atoms with Gasteiger partial charge in [0, 0.05) is 32.2 Å². The van der Waals surface area contributed by atoms with Gasteiger partial charge < -0.3 is 19.1 Å². The zero-order chi connectivity index (χ0) is 19.4. The molecule has 1 aromatic carbocycles. The van der Waals surface area contributed by atoms with Crippen LogP contribution in [0.15, 0.2) is 18.2 Å². The van der Waals surface area contributed by atoms with Crippen LogP contribution in [0.25, 0.3) is 0 Å². The highest BCUT2D eigenvalue weighted by atomic mass is 16.6. The van der Waals surface area contributed by atoms with E-state index in [9.17, 15) is 4.79 Å². The van der Waals surface area contributed by atoms with Crippen molar-refractivity contribution in [2.45, 2.75) is 46.4 Å². The molecule has 3 rings (SSSR count). The molecule has 0 spiro atoms. The Kier molecular flexibility index (Phi) is 6.60. The van der Waals surface area contributed by atoms with Crippen LogP contribution in [0.2, 0.25) is 0 Å². The van der Waals surface area contributed by atoms with Gasteiger partial charge in [-0.2, -0.15) is 0 Å². The summed E-state index contributed by atoms with van der Waals surface area (Å²) >= 11 is 0. The van der Waals surface area contributed by atoms with Crippen molar-refractivity contribution in [3.63, 3.8) is 0 Å². The SMILES string of the molecule is CC(C)CN(Cc1ccc2c(c1)OCCO2)C(=O)C1CN(C(C)C)CCO1. The second kappa shape index (κ2) is 8.93. The molecule has 150 valence electrons. The molecule has 0 radical (unpaired) electrons. The van der Waals surface area contributed by atoms with Gasteiger partial charge in [-0.25, -0.2) is 0 Å². The molecule has 2 aliphatic rings. The Morgan fingerprint density at radius 3 is 2.59 bits per heavy atom. The number of rotatable bonds is 6. The molecule has 2 heterocycles. The Labute approximate surface area is 162 Å². The van der Waals surface area contributed by atoms with Gasteiger partial charge in [0.15, 0.2) is 11.5 Å². The Balaban J connectivity index is 1.72. The van der Waals surface area contributed by atoms with Gasteiger partial charge in [-0.3, -0.25) is 9.69 Å². The van der Waals surface area contributed by atoms with Crippen LogP contribution in [-0.4, -0.2) is 67.3 Å². The van der Waals surface area contributed by atoms with E-state index < -0.39 is 6.10 Å². The van der Waals surface area contributed by atoms with Gasteiger partial charge in [-0.15, -0.1) is 0 Å². The van der Waals surface area contributed by atoms with E-state index in [0.717, 1.165) is 23.6 Å². The topological polar surface area (TPSA) is 51.2 Å². The van der Waals surface area contributed by atoms with Crippen molar-refractivity contribution in [3.8, 4) is 11.5 Å². The van der Waals surface area contributed by atoms with Crippen LogP contribution in [0.5, 0.6) is 11.5 Å². The first-order valence-corrected chi connectivity index (χ1v) is 9.97. The number of benzene rings is 1. The summed E-state index contributed by atoms with van der Waals surface area (Å²) in [7, 11) is 0. The third-order valence-corrected chi connectivity index (χ3v) is 4.98. The maximum absolute atomic E-state index is 13.2. The van der Waals surface area contributed by atoms with Gasteiger partial charge in [0.25, 0.3) is 5.91 Å². The summed E-state index contributed by atoms with van der Waals surface area (Å²) in [6, 6.07) is 6.34. The number of fused-ring (bicyclic) bond motifs is 1. The van der Waals surface area contributed by atoms with E-state index in [2.05, 4.69) is 32.6 Å². The minimum atomic E-state index is -0.392. The monoisotopic (exact) mass is 376 g/mol. The standard InChI is InChI=1S/C21H32N2O4/c1-15(2)12-23(21(24)20-14-22(16(3)4)7-8-25-20)13-17-5-6-18-19(11-17)27-10-9-26-18/h5-6,11,15-16,20H,7-10,12-14H2,1-4H3. The summed E-state index contributed by atoms with van der Waals surface area (Å²) in [5.74, 6) is 1.99. The molecule has 0 aliphatic carbocycles. The first kappa shape index (κ1) is 20.0. The first-order valence-electron chi connectivity index (χ1n) is 9.97. The third kappa shape index (κ3) is 5.14. The fourth-order valence-corrected chi connectivity index (χ4v) is 3.57. The number of carbonyl (C=O) groups is 1. The lowest BCUT2D eigenvalue weighted by atomic mass is 10.1. The van der Waals surface area contributed by atoms with Crippen LogP contribution in [0.4, 0.5) is 0 Å². The summed E-state index contributed by atoms with van der Waals surface area (Å²) in [4.78, 5) is 17.4. The average molecular weight is 376 g/mol. The van der Waals surface area contributed by atoms with Crippen molar-refractivity contribution < 1.29 is 19.0 Å². The number of ether oxygens (including phenoxy) is 3. The Bertz CT molecular complexity index is 647. The molecule has 0 aromatic heterocycles. The molecule has 1 saturated heterocycles. The minimum absolute atomic E-state index is 0.0731. The fraction of sp³-hybridized carbons (Fsp3) is 0.667. The molecule has 0 N–H and O–H groups in total. The molecule has 1 amide bonds. The van der Waals surface area contributed by atoms with Crippen LogP contribution < -0.4 is 9.47 Å². The van der Waals surface area contributed by atoms with Crippen LogP contribution in [0, 0.1) is 5.92 Å². The van der Waals surface area contributed by atoms with Crippen LogP contribution >= 0.6 is 0 Å². The molecule has 0 saturated carbocycles. The van der Waals surface area contributed by atoms with Crippen molar-refractivity contribution in [1.29, 1.82) is 0 Å². The van der Waals surface area contributed by atoms with E-state index in [0.29, 0.717) is 51.4 Å². The van der Waals surface area contributed by atoms with Crippen LogP contribution in [0.3, 0.4) is 0 Å². The maximum atomic E-state index is 13.2. The number of carbonyl (C=O) groups excluding carboxylic acids is 1. The molecule has 1 unspecified atom stereocenters. The minimum Gasteiger partial charge on any atom is -0.486 e. The highest BCUT2D eigenvalue weighted by molar-refractivity contribution is 5.81. The van der Waals surface area contributed by atoms with Crippen molar-refractivity contribution in [1.82, 2.24) is 9.80 Å². The number of morpholine rings is 1. The highest BCUT2D eigenvalue weighted by Crippen LogP contribution is 2.31. The molecule has 27 heavy (non-hydrogen) atoms. The fourth-order valence-electron chi connectivity index (χ4n) is 3.57. The molecule has 6 nitrogen and oxygen atoms in total. The summed E-state index contributed by atoms with van der Waals surface area (Å²) in [6.07, 6.45) is -0.392. The summed E-state index contributed by atoms with van der Waals surface area (Å²) in [5.41, 5.74) is 1.05. The first-order chi connectivity index (χ1) is 12.9. The van der Waals surface area contributed by atoms with Crippen molar-refractivity contribution >= 4 is 5.91 Å². The molecular formula is C21H32N2O4. The maximum Gasteiger partial charge on any atom is 0.253 e. The third-order valence-electron chi connectivity index (χ3n) is 4.98. The number of hydrogen-bond acceptors (Lipinski definition) is 5. The normalized spacial score (nSPS) is 20.1. The van der Waals surface area contributed by atoms with E-state index in [4.69, 9.17) is 14.2 Å². The van der Waals surface area contributed by atoms with E-state index in [1.807, 2.05) is 23.1 Å². The van der Waals surface area contributed by atoms with Gasteiger partial charge in [-0.1, -0.05) is 19.9 Å². The van der Waals surface area contributed by atoms with Gasteiger partial charge in [0.05, 0.1) is 6.61 Å². The predicted octanol–water partition coefficient (Wildman–Crippen LogP) is 2.55. The Morgan fingerprint density at radius 1 is 1.15 bits per heavy atom. The van der Waals surface area contributed by atoms with Crippen molar-refractivity contribution in [3.05, 3.63) is 23.8 Å². The second-order valence-corrected chi connectivity index (χ2v) is 8.04. The summed E-state index contributed by atoms with van der Waals surface area (Å²) < 4.78 is 17.1. The molecular weight excluding hydrogens is 344 g/mol. The van der Waals surface area contributed by atoms with E-state index >= 15 is 0 Å². The lowest BCUT2D eigenvalue weighted by molar-refractivity contribution is -0.151. The summed E-state index contributed by atoms with van der Waals surface area (Å²) in [5, 5.41) is 0. The van der Waals surface area contributed by atoms with Crippen molar-refractivity contribution in [2.24, 2.45) is 5.92 Å². The molecule has 6 heteroatoms. The number of amides is 1. The van der Waals surface area contributed by atoms with Gasteiger partial charge in [0.2, 0.25) is 0 Å². The number of nitrogens with zero attached hydrogens (tertiary/aromatic N) is 2. The van der Waals surface area contributed by atoms with Gasteiger partial charge in [-0.05, 0) is 37.5 Å². The van der Waals surface area contributed by atoms with E-state index in [1.54, 1.807) is 0 Å². The molecule has 0 bridgehead atoms. The highest BCUT2D eigenvalue weighted by Gasteiger charge is 2.31. The smallest absolute Gasteiger partial charge is 0.253 e. The zero-order valence-electron chi connectivity index (χ0n) is 16.9. The van der Waals surface area contributed by atoms with Crippen LogP contribution in [0.1, 0.15) is 33.3 Å². The Morgan fingerprint density at radius 2 is 1.89 bits per heavy atom. The van der Waals surface area contributed by atoms with Gasteiger partial charge >= 0.3 is 0 Å². The summed E-state index contributed by atoms with van der Waals surface area (Å²) in [6.45, 7) is 13.1. The quantitative estimate of drug-likeness (QED) is 0.764. The van der Waals surface area contributed by atoms with E-state index in [-0.39, 0.29) is 5.91 Å². The largest absolute Gasteiger partial charge is 0.486 e. The lowest BCUT2D eigenvalue weighted by Gasteiger charge is -2.37. The average Bonchev–Trinajstić information content (AvgIpc) is 2.66. The lowest BCUT2D eigenvalue weighted by Crippen LogP contribution is -2.53. The van der Waals surface area contributed by atoms with Crippen LogP contribution in [-0.2, 0) is 16.1 Å². The molecule has 1 fully saturated rings. The Hall–Kier alpha value is -1.79. The predicted molar refractivity (Wildman–Crippen MR) is 104 cm³/mol. The second-order valence-electron chi connectivity index (χ2n) is 8.04. The zero-order valence-corrected chi connectivity index (χ0v) is 16.9.